The maximum absolute atomic E-state index is 12.3. The fourth-order valence-electron chi connectivity index (χ4n) is 2.56. The first-order valence-electron chi connectivity index (χ1n) is 7.34. The van der Waals surface area contributed by atoms with Crippen LogP contribution >= 0.6 is 0 Å². The van der Waals surface area contributed by atoms with Gasteiger partial charge >= 0.3 is 0 Å². The molecule has 0 saturated heterocycles. The van der Waals surface area contributed by atoms with Gasteiger partial charge in [-0.3, -0.25) is 4.79 Å². The van der Waals surface area contributed by atoms with E-state index >= 15 is 0 Å². The largest absolute Gasteiger partial charge is 0.493 e. The van der Waals surface area contributed by atoms with Crippen molar-refractivity contribution in [2.75, 3.05) is 7.11 Å². The van der Waals surface area contributed by atoms with Crippen molar-refractivity contribution >= 4 is 5.91 Å². The molecule has 0 aliphatic heterocycles. The van der Waals surface area contributed by atoms with Crippen LogP contribution in [0.5, 0.6) is 11.5 Å². The summed E-state index contributed by atoms with van der Waals surface area (Å²) in [5.74, 6) is 1.24. The first-order valence-corrected chi connectivity index (χ1v) is 7.34. The van der Waals surface area contributed by atoms with E-state index in [4.69, 9.17) is 9.47 Å². The van der Waals surface area contributed by atoms with E-state index in [0.717, 1.165) is 12.8 Å². The molecule has 0 aromatic heterocycles. The number of rotatable bonds is 6. The highest BCUT2D eigenvalue weighted by molar-refractivity contribution is 5.81. The molecule has 1 amide bonds. The van der Waals surface area contributed by atoms with Crippen molar-refractivity contribution in [2.24, 2.45) is 0 Å². The molecule has 4 nitrogen and oxygen atoms in total. The van der Waals surface area contributed by atoms with Crippen molar-refractivity contribution in [3.63, 3.8) is 0 Å². The fraction of sp³-hybridized carbons (Fsp3) is 0.562. The van der Waals surface area contributed by atoms with Crippen LogP contribution in [0.1, 0.15) is 39.0 Å². The smallest absolute Gasteiger partial charge is 0.261 e. The summed E-state index contributed by atoms with van der Waals surface area (Å²) < 4.78 is 11.1. The molecule has 1 aliphatic carbocycles. The van der Waals surface area contributed by atoms with E-state index in [9.17, 15) is 4.79 Å². The van der Waals surface area contributed by atoms with Crippen LogP contribution in [-0.4, -0.2) is 25.2 Å². The zero-order valence-corrected chi connectivity index (χ0v) is 12.2. The third-order valence-electron chi connectivity index (χ3n) is 3.70. The molecule has 20 heavy (non-hydrogen) atoms. The van der Waals surface area contributed by atoms with E-state index < -0.39 is 6.10 Å². The lowest BCUT2D eigenvalue weighted by atomic mass is 10.2. The van der Waals surface area contributed by atoms with Crippen molar-refractivity contribution in [3.8, 4) is 11.5 Å². The lowest BCUT2D eigenvalue weighted by Crippen LogP contribution is -2.42. The van der Waals surface area contributed by atoms with Crippen LogP contribution in [0.4, 0.5) is 0 Å². The second-order valence-corrected chi connectivity index (χ2v) is 5.16. The fourth-order valence-corrected chi connectivity index (χ4v) is 2.56. The normalized spacial score (nSPS) is 16.7. The van der Waals surface area contributed by atoms with Crippen molar-refractivity contribution in [1.29, 1.82) is 0 Å². The standard InChI is InChI=1S/C16H23NO3/c1-3-13(16(18)17-12-8-4-5-9-12)20-15-11-7-6-10-14(15)19-2/h6-7,10-13H,3-5,8-9H2,1-2H3,(H,17,18)/t13-/m0/s1. The first-order chi connectivity index (χ1) is 9.74. The number of carbonyl (C=O) groups is 1. The molecule has 1 aliphatic rings. The molecule has 2 rings (SSSR count). The van der Waals surface area contributed by atoms with E-state index in [1.807, 2.05) is 31.2 Å². The molecular weight excluding hydrogens is 254 g/mol. The van der Waals surface area contributed by atoms with Gasteiger partial charge in [0.25, 0.3) is 5.91 Å². The number of ether oxygens (including phenoxy) is 2. The summed E-state index contributed by atoms with van der Waals surface area (Å²) in [6.07, 6.45) is 4.74. The van der Waals surface area contributed by atoms with Crippen LogP contribution in [0.2, 0.25) is 0 Å². The molecule has 0 bridgehead atoms. The van der Waals surface area contributed by atoms with Gasteiger partial charge in [-0.2, -0.15) is 0 Å². The molecule has 0 radical (unpaired) electrons. The number of hydrogen-bond donors (Lipinski definition) is 1. The Balaban J connectivity index is 1.98. The van der Waals surface area contributed by atoms with Gasteiger partial charge in [0.15, 0.2) is 17.6 Å². The molecule has 4 heteroatoms. The third kappa shape index (κ3) is 3.65. The summed E-state index contributed by atoms with van der Waals surface area (Å²) in [7, 11) is 1.60. The van der Waals surface area contributed by atoms with Crippen LogP contribution in [-0.2, 0) is 4.79 Å². The topological polar surface area (TPSA) is 47.6 Å². The summed E-state index contributed by atoms with van der Waals surface area (Å²) in [6, 6.07) is 7.73. The third-order valence-corrected chi connectivity index (χ3v) is 3.70. The number of hydrogen-bond acceptors (Lipinski definition) is 3. The molecule has 1 aromatic rings. The molecule has 110 valence electrons. The van der Waals surface area contributed by atoms with Crippen LogP contribution in [0.15, 0.2) is 24.3 Å². The van der Waals surface area contributed by atoms with Gasteiger partial charge in [0, 0.05) is 6.04 Å². The summed E-state index contributed by atoms with van der Waals surface area (Å²) >= 11 is 0. The highest BCUT2D eigenvalue weighted by atomic mass is 16.5. The summed E-state index contributed by atoms with van der Waals surface area (Å²) in [6.45, 7) is 1.95. The SMILES string of the molecule is CC[C@H](Oc1ccccc1OC)C(=O)NC1CCCC1. The Morgan fingerprint density at radius 1 is 1.30 bits per heavy atom. The molecular formula is C16H23NO3. The average molecular weight is 277 g/mol. The van der Waals surface area contributed by atoms with Gasteiger partial charge in [-0.15, -0.1) is 0 Å². The maximum Gasteiger partial charge on any atom is 0.261 e. The average Bonchev–Trinajstić information content (AvgIpc) is 2.97. The van der Waals surface area contributed by atoms with Gasteiger partial charge in [-0.1, -0.05) is 31.9 Å². The number of methoxy groups -OCH3 is 1. The number of benzene rings is 1. The highest BCUT2D eigenvalue weighted by Gasteiger charge is 2.24. The van der Waals surface area contributed by atoms with Gasteiger partial charge < -0.3 is 14.8 Å². The van der Waals surface area contributed by atoms with Gasteiger partial charge in [0.1, 0.15) is 0 Å². The van der Waals surface area contributed by atoms with E-state index in [-0.39, 0.29) is 5.91 Å². The van der Waals surface area contributed by atoms with Gasteiger partial charge in [0.2, 0.25) is 0 Å². The minimum atomic E-state index is -0.466. The van der Waals surface area contributed by atoms with Crippen LogP contribution in [0.3, 0.4) is 0 Å². The predicted octanol–water partition coefficient (Wildman–Crippen LogP) is 2.91. The molecule has 0 spiro atoms. The molecule has 1 saturated carbocycles. The predicted molar refractivity (Wildman–Crippen MR) is 78.1 cm³/mol. The van der Waals surface area contributed by atoms with Gasteiger partial charge in [-0.25, -0.2) is 0 Å². The lowest BCUT2D eigenvalue weighted by Gasteiger charge is -2.21. The lowest BCUT2D eigenvalue weighted by molar-refractivity contribution is -0.128. The molecule has 1 N–H and O–H groups in total. The Morgan fingerprint density at radius 3 is 2.55 bits per heavy atom. The Hall–Kier alpha value is -1.71. The second-order valence-electron chi connectivity index (χ2n) is 5.16. The summed E-state index contributed by atoms with van der Waals surface area (Å²) in [5.41, 5.74) is 0. The van der Waals surface area contributed by atoms with Crippen LogP contribution in [0.25, 0.3) is 0 Å². The van der Waals surface area contributed by atoms with E-state index in [1.54, 1.807) is 7.11 Å². The summed E-state index contributed by atoms with van der Waals surface area (Å²) in [4.78, 5) is 12.3. The zero-order chi connectivity index (χ0) is 14.4. The number of amides is 1. The molecule has 0 unspecified atom stereocenters. The molecule has 0 heterocycles. The molecule has 1 fully saturated rings. The minimum Gasteiger partial charge on any atom is -0.493 e. The maximum atomic E-state index is 12.3. The number of nitrogens with one attached hydrogen (secondary N) is 1. The van der Waals surface area contributed by atoms with Gasteiger partial charge in [0.05, 0.1) is 7.11 Å². The van der Waals surface area contributed by atoms with Crippen molar-refractivity contribution in [3.05, 3.63) is 24.3 Å². The van der Waals surface area contributed by atoms with E-state index in [0.29, 0.717) is 24.0 Å². The Morgan fingerprint density at radius 2 is 1.95 bits per heavy atom. The Labute approximate surface area is 120 Å². The van der Waals surface area contributed by atoms with Crippen LogP contribution < -0.4 is 14.8 Å². The highest BCUT2D eigenvalue weighted by Crippen LogP contribution is 2.27. The van der Waals surface area contributed by atoms with Crippen LogP contribution in [0, 0.1) is 0 Å². The minimum absolute atomic E-state index is 0.0229. The van der Waals surface area contributed by atoms with E-state index in [1.165, 1.54) is 12.8 Å². The molecule has 1 aromatic carbocycles. The number of carbonyl (C=O) groups excluding carboxylic acids is 1. The van der Waals surface area contributed by atoms with Gasteiger partial charge in [-0.05, 0) is 31.4 Å². The second kappa shape index (κ2) is 7.17. The summed E-state index contributed by atoms with van der Waals surface area (Å²) in [5, 5.41) is 3.08. The molecule has 1 atom stereocenters. The first kappa shape index (κ1) is 14.7. The Bertz CT molecular complexity index is 441. The Kier molecular flexibility index (Phi) is 5.27. The zero-order valence-electron chi connectivity index (χ0n) is 12.2. The number of para-hydroxylation sites is 2. The quantitative estimate of drug-likeness (QED) is 0.869. The van der Waals surface area contributed by atoms with Crippen molar-refractivity contribution in [1.82, 2.24) is 5.32 Å². The monoisotopic (exact) mass is 277 g/mol. The van der Waals surface area contributed by atoms with Crippen molar-refractivity contribution in [2.45, 2.75) is 51.2 Å². The van der Waals surface area contributed by atoms with E-state index in [2.05, 4.69) is 5.32 Å². The van der Waals surface area contributed by atoms with Crippen molar-refractivity contribution < 1.29 is 14.3 Å².